The molecule has 2 rings (SSSR count). The molecule has 0 aromatic carbocycles. The van der Waals surface area contributed by atoms with Crippen molar-refractivity contribution in [1.82, 2.24) is 15.1 Å². The number of nitrogens with zero attached hydrogens (tertiary/aromatic N) is 2. The van der Waals surface area contributed by atoms with Crippen molar-refractivity contribution in [2.24, 2.45) is 7.05 Å². The molecule has 1 aromatic rings. The normalized spacial score (nSPS) is 21.6. The van der Waals surface area contributed by atoms with Gasteiger partial charge in [-0.15, -0.1) is 0 Å². The van der Waals surface area contributed by atoms with Crippen molar-refractivity contribution < 1.29 is 13.2 Å². The van der Waals surface area contributed by atoms with E-state index in [0.717, 1.165) is 5.41 Å². The maximum Gasteiger partial charge on any atom is 0.257 e. The van der Waals surface area contributed by atoms with Crippen molar-refractivity contribution in [1.29, 1.82) is 0 Å². The van der Waals surface area contributed by atoms with Crippen LogP contribution in [0.4, 0.5) is 5.82 Å². The van der Waals surface area contributed by atoms with E-state index >= 15 is 0 Å². The number of rotatable bonds is 2. The van der Waals surface area contributed by atoms with Crippen molar-refractivity contribution in [2.45, 2.75) is 6.04 Å². The van der Waals surface area contributed by atoms with Crippen molar-refractivity contribution in [3.05, 3.63) is 23.2 Å². The zero-order valence-corrected chi connectivity index (χ0v) is 9.94. The fraction of sp³-hybridized carbons (Fsp3) is 0.333. The van der Waals surface area contributed by atoms with Gasteiger partial charge in [0.2, 0.25) is 0 Å². The highest BCUT2D eigenvalue weighted by Gasteiger charge is 2.24. The summed E-state index contributed by atoms with van der Waals surface area (Å²) in [7, 11) is -1.56. The molecular formula is C9H12N4O3S. The maximum absolute atomic E-state index is 11.8. The number of sulfone groups is 1. The lowest BCUT2D eigenvalue weighted by molar-refractivity contribution is 0.0948. The Hall–Kier alpha value is -1.83. The summed E-state index contributed by atoms with van der Waals surface area (Å²) in [5.74, 6) is -0.298. The second-order valence-corrected chi connectivity index (χ2v) is 5.74. The topological polar surface area (TPSA) is 107 Å². The molecular weight excluding hydrogens is 244 g/mol. The number of amides is 1. The standard InChI is InChI=1S/C9H12N4O3S/c1-13-8(10)7(4-11-13)9(14)12-6-2-3-17(15,16)5-6/h2-4,6H,5,10H2,1H3,(H,12,14). The monoisotopic (exact) mass is 256 g/mol. The molecule has 17 heavy (non-hydrogen) atoms. The first kappa shape index (κ1) is 11.6. The minimum atomic E-state index is -3.18. The molecule has 0 aliphatic carbocycles. The largest absolute Gasteiger partial charge is 0.383 e. The maximum atomic E-state index is 11.8. The number of carbonyl (C=O) groups is 1. The Morgan fingerprint density at radius 3 is 2.82 bits per heavy atom. The van der Waals surface area contributed by atoms with Gasteiger partial charge in [0.15, 0.2) is 9.84 Å². The zero-order chi connectivity index (χ0) is 12.6. The van der Waals surface area contributed by atoms with Crippen LogP contribution in [0.3, 0.4) is 0 Å². The number of anilines is 1. The summed E-state index contributed by atoms with van der Waals surface area (Å²) in [6.45, 7) is 0. The SMILES string of the molecule is Cn1ncc(C(=O)NC2C=CS(=O)(=O)C2)c1N. The summed E-state index contributed by atoms with van der Waals surface area (Å²) in [5, 5.41) is 7.50. The number of nitrogens with two attached hydrogens (primary N) is 1. The van der Waals surface area contributed by atoms with Crippen LogP contribution < -0.4 is 11.1 Å². The molecule has 3 N–H and O–H groups in total. The van der Waals surface area contributed by atoms with Gasteiger partial charge in [-0.2, -0.15) is 5.10 Å². The molecule has 1 aliphatic heterocycles. The number of aromatic nitrogens is 2. The van der Waals surface area contributed by atoms with E-state index in [1.54, 1.807) is 7.05 Å². The molecule has 0 spiro atoms. The van der Waals surface area contributed by atoms with Crippen LogP contribution in [-0.2, 0) is 16.9 Å². The highest BCUT2D eigenvalue weighted by Crippen LogP contribution is 2.12. The van der Waals surface area contributed by atoms with Gasteiger partial charge in [0.05, 0.1) is 18.0 Å². The Bertz CT molecular complexity index is 587. The molecule has 1 amide bonds. The van der Waals surface area contributed by atoms with Crippen molar-refractivity contribution in [3.63, 3.8) is 0 Å². The lowest BCUT2D eigenvalue weighted by Crippen LogP contribution is -2.35. The first-order valence-electron chi connectivity index (χ1n) is 4.88. The summed E-state index contributed by atoms with van der Waals surface area (Å²) < 4.78 is 23.7. The molecule has 8 heteroatoms. The predicted octanol–water partition coefficient (Wildman–Crippen LogP) is -0.957. The van der Waals surface area contributed by atoms with Crippen molar-refractivity contribution in [3.8, 4) is 0 Å². The van der Waals surface area contributed by atoms with E-state index in [2.05, 4.69) is 10.4 Å². The number of aryl methyl sites for hydroxylation is 1. The summed E-state index contributed by atoms with van der Waals surface area (Å²) in [6.07, 6.45) is 2.79. The van der Waals surface area contributed by atoms with Gasteiger partial charge in [-0.1, -0.05) is 0 Å². The smallest absolute Gasteiger partial charge is 0.257 e. The van der Waals surface area contributed by atoms with Crippen LogP contribution >= 0.6 is 0 Å². The molecule has 0 saturated carbocycles. The molecule has 1 atom stereocenters. The molecule has 1 aliphatic rings. The number of nitrogens with one attached hydrogen (secondary N) is 1. The van der Waals surface area contributed by atoms with E-state index in [1.807, 2.05) is 0 Å². The van der Waals surface area contributed by atoms with Crippen LogP contribution in [0.2, 0.25) is 0 Å². The summed E-state index contributed by atoms with van der Waals surface area (Å²) in [6, 6.07) is -0.507. The molecule has 1 aromatic heterocycles. The average molecular weight is 256 g/mol. The van der Waals surface area contributed by atoms with E-state index in [-0.39, 0.29) is 17.1 Å². The third-order valence-electron chi connectivity index (χ3n) is 2.48. The van der Waals surface area contributed by atoms with Gasteiger partial charge in [0, 0.05) is 12.5 Å². The van der Waals surface area contributed by atoms with Crippen LogP contribution in [0.5, 0.6) is 0 Å². The van der Waals surface area contributed by atoms with Crippen molar-refractivity contribution in [2.75, 3.05) is 11.5 Å². The van der Waals surface area contributed by atoms with Gasteiger partial charge in [0.1, 0.15) is 11.4 Å². The number of hydrogen-bond acceptors (Lipinski definition) is 5. The fourth-order valence-electron chi connectivity index (χ4n) is 1.53. The Morgan fingerprint density at radius 2 is 2.35 bits per heavy atom. The number of nitrogen functional groups attached to an aromatic ring is 1. The fourth-order valence-corrected chi connectivity index (χ4v) is 2.77. The Labute approximate surface area is 98.2 Å². The molecule has 0 saturated heterocycles. The highest BCUT2D eigenvalue weighted by atomic mass is 32.2. The van der Waals surface area contributed by atoms with Gasteiger partial charge in [-0.25, -0.2) is 8.42 Å². The van der Waals surface area contributed by atoms with E-state index in [9.17, 15) is 13.2 Å². The van der Waals surface area contributed by atoms with Crippen LogP contribution in [0.1, 0.15) is 10.4 Å². The Balaban J connectivity index is 2.09. The summed E-state index contributed by atoms with van der Waals surface area (Å²) in [4.78, 5) is 11.8. The van der Waals surface area contributed by atoms with Gasteiger partial charge >= 0.3 is 0 Å². The summed E-state index contributed by atoms with van der Waals surface area (Å²) >= 11 is 0. The predicted molar refractivity (Wildman–Crippen MR) is 61.8 cm³/mol. The Morgan fingerprint density at radius 1 is 1.65 bits per heavy atom. The van der Waals surface area contributed by atoms with E-state index in [4.69, 9.17) is 5.73 Å². The second-order valence-electron chi connectivity index (χ2n) is 3.81. The molecule has 1 unspecified atom stereocenters. The average Bonchev–Trinajstić information content (AvgIpc) is 2.72. The minimum Gasteiger partial charge on any atom is -0.383 e. The molecule has 7 nitrogen and oxygen atoms in total. The molecule has 2 heterocycles. The van der Waals surface area contributed by atoms with Gasteiger partial charge in [0.25, 0.3) is 5.91 Å². The minimum absolute atomic E-state index is 0.112. The lowest BCUT2D eigenvalue weighted by Gasteiger charge is -2.09. The number of carbonyl (C=O) groups excluding carboxylic acids is 1. The molecule has 92 valence electrons. The second kappa shape index (κ2) is 3.88. The van der Waals surface area contributed by atoms with Gasteiger partial charge in [-0.05, 0) is 6.08 Å². The van der Waals surface area contributed by atoms with Gasteiger partial charge in [-0.3, -0.25) is 9.48 Å². The van der Waals surface area contributed by atoms with Crippen LogP contribution in [0, 0.1) is 0 Å². The van der Waals surface area contributed by atoms with Crippen LogP contribution in [-0.4, -0.2) is 35.9 Å². The molecule has 0 fully saturated rings. The molecule has 0 radical (unpaired) electrons. The van der Waals surface area contributed by atoms with E-state index in [1.165, 1.54) is 17.0 Å². The van der Waals surface area contributed by atoms with Gasteiger partial charge < -0.3 is 11.1 Å². The van der Waals surface area contributed by atoms with E-state index in [0.29, 0.717) is 0 Å². The number of hydrogen-bond donors (Lipinski definition) is 2. The zero-order valence-electron chi connectivity index (χ0n) is 9.12. The quantitative estimate of drug-likeness (QED) is 0.709. The van der Waals surface area contributed by atoms with Crippen LogP contribution in [0.25, 0.3) is 0 Å². The third-order valence-corrected chi connectivity index (χ3v) is 3.87. The first-order valence-corrected chi connectivity index (χ1v) is 6.60. The molecule has 0 bridgehead atoms. The third kappa shape index (κ3) is 2.31. The van der Waals surface area contributed by atoms with E-state index < -0.39 is 21.8 Å². The Kier molecular flexibility index (Phi) is 2.66. The first-order chi connectivity index (χ1) is 7.89. The lowest BCUT2D eigenvalue weighted by atomic mass is 10.2. The summed E-state index contributed by atoms with van der Waals surface area (Å²) in [5.41, 5.74) is 5.88. The van der Waals surface area contributed by atoms with Crippen LogP contribution in [0.15, 0.2) is 17.7 Å². The van der Waals surface area contributed by atoms with Crippen molar-refractivity contribution >= 4 is 21.6 Å². The highest BCUT2D eigenvalue weighted by molar-refractivity contribution is 7.94.